The van der Waals surface area contributed by atoms with Crippen LogP contribution in [0.15, 0.2) is 42.6 Å². The van der Waals surface area contributed by atoms with Crippen LogP contribution in [0.2, 0.25) is 0 Å². The van der Waals surface area contributed by atoms with Gasteiger partial charge in [0.2, 0.25) is 5.95 Å². The predicted molar refractivity (Wildman–Crippen MR) is 101 cm³/mol. The average Bonchev–Trinajstić information content (AvgIpc) is 2.67. The number of pyridine rings is 1. The molecule has 3 aromatic rings. The molecule has 6 nitrogen and oxygen atoms in total. The molecular formula is C20H16N6. The van der Waals surface area contributed by atoms with Gasteiger partial charge in [-0.05, 0) is 31.2 Å². The summed E-state index contributed by atoms with van der Waals surface area (Å²) in [5.41, 5.74) is 10.1. The van der Waals surface area contributed by atoms with Crippen molar-refractivity contribution in [2.75, 3.05) is 18.1 Å². The number of anilines is 2. The Morgan fingerprint density at radius 3 is 2.35 bits per heavy atom. The van der Waals surface area contributed by atoms with Crippen LogP contribution in [0.1, 0.15) is 22.4 Å². The van der Waals surface area contributed by atoms with E-state index in [0.717, 1.165) is 16.9 Å². The van der Waals surface area contributed by atoms with Crippen molar-refractivity contribution in [2.24, 2.45) is 0 Å². The first-order valence-corrected chi connectivity index (χ1v) is 7.91. The lowest BCUT2D eigenvalue weighted by molar-refractivity contribution is 1.11. The van der Waals surface area contributed by atoms with Gasteiger partial charge < -0.3 is 11.1 Å². The van der Waals surface area contributed by atoms with E-state index in [2.05, 4.69) is 38.2 Å². The Morgan fingerprint density at radius 1 is 1.00 bits per heavy atom. The Bertz CT molecular complexity index is 1040. The summed E-state index contributed by atoms with van der Waals surface area (Å²) in [6.45, 7) is 1.84. The van der Waals surface area contributed by atoms with Gasteiger partial charge in [0.15, 0.2) is 0 Å². The second-order valence-corrected chi connectivity index (χ2v) is 5.51. The number of aromatic nitrogens is 3. The minimum atomic E-state index is 0.187. The highest BCUT2D eigenvalue weighted by atomic mass is 15.0. The van der Waals surface area contributed by atoms with Crippen molar-refractivity contribution in [1.29, 1.82) is 5.26 Å². The topological polar surface area (TPSA) is 101 Å². The van der Waals surface area contributed by atoms with Gasteiger partial charge in [0.05, 0.1) is 28.6 Å². The Balaban J connectivity index is 2.06. The number of benzene rings is 1. The molecule has 0 bridgehead atoms. The molecule has 126 valence electrons. The molecule has 6 heteroatoms. The maximum absolute atomic E-state index is 8.96. The van der Waals surface area contributed by atoms with Crippen molar-refractivity contribution in [3.05, 3.63) is 65.0 Å². The molecule has 0 unspecified atom stereocenters. The number of nitriles is 1. The third-order valence-corrected chi connectivity index (χ3v) is 3.75. The molecule has 0 saturated heterocycles. The summed E-state index contributed by atoms with van der Waals surface area (Å²) in [4.78, 5) is 12.8. The van der Waals surface area contributed by atoms with Crippen molar-refractivity contribution in [3.8, 4) is 29.2 Å². The molecule has 3 N–H and O–H groups in total. The van der Waals surface area contributed by atoms with Crippen LogP contribution in [0.4, 0.5) is 11.8 Å². The largest absolute Gasteiger partial charge is 0.373 e. The fourth-order valence-corrected chi connectivity index (χ4v) is 2.41. The predicted octanol–water partition coefficient (Wildman–Crippen LogP) is 2.74. The number of nitrogen functional groups attached to an aromatic ring is 1. The first kappa shape index (κ1) is 16.9. The number of hydrogen-bond donors (Lipinski definition) is 2. The lowest BCUT2D eigenvalue weighted by Gasteiger charge is -2.08. The van der Waals surface area contributed by atoms with Crippen LogP contribution in [0.5, 0.6) is 0 Å². The lowest BCUT2D eigenvalue weighted by Crippen LogP contribution is -2.03. The van der Waals surface area contributed by atoms with Crippen LogP contribution in [-0.4, -0.2) is 22.0 Å². The molecule has 0 spiro atoms. The SMILES string of the molecule is CNc1ccc(C#Cc2c(C)nc(N)nc2-c2ccc(C#N)cc2)cn1. The van der Waals surface area contributed by atoms with Gasteiger partial charge in [-0.2, -0.15) is 5.26 Å². The molecule has 26 heavy (non-hydrogen) atoms. The molecule has 0 aliphatic rings. The van der Waals surface area contributed by atoms with E-state index in [1.54, 1.807) is 18.3 Å². The minimum absolute atomic E-state index is 0.187. The molecule has 3 rings (SSSR count). The molecular weight excluding hydrogens is 324 g/mol. The Morgan fingerprint density at radius 2 is 1.73 bits per heavy atom. The van der Waals surface area contributed by atoms with Crippen molar-refractivity contribution in [2.45, 2.75) is 6.92 Å². The number of aryl methyl sites for hydroxylation is 1. The fourth-order valence-electron chi connectivity index (χ4n) is 2.41. The minimum Gasteiger partial charge on any atom is -0.373 e. The van der Waals surface area contributed by atoms with Gasteiger partial charge in [-0.3, -0.25) is 0 Å². The zero-order valence-electron chi connectivity index (χ0n) is 14.4. The van der Waals surface area contributed by atoms with Crippen LogP contribution < -0.4 is 11.1 Å². The summed E-state index contributed by atoms with van der Waals surface area (Å²) in [5.74, 6) is 7.19. The van der Waals surface area contributed by atoms with E-state index < -0.39 is 0 Å². The molecule has 0 atom stereocenters. The molecule has 1 aromatic carbocycles. The Labute approximate surface area is 151 Å². The van der Waals surface area contributed by atoms with Crippen molar-refractivity contribution < 1.29 is 0 Å². The van der Waals surface area contributed by atoms with E-state index >= 15 is 0 Å². The molecule has 0 amide bonds. The first-order valence-electron chi connectivity index (χ1n) is 7.91. The average molecular weight is 340 g/mol. The molecule has 0 aliphatic carbocycles. The number of nitrogens with one attached hydrogen (secondary N) is 1. The number of nitrogens with two attached hydrogens (primary N) is 1. The summed E-state index contributed by atoms with van der Waals surface area (Å²) in [6, 6.07) is 13.0. The molecule has 0 saturated carbocycles. The number of hydrogen-bond acceptors (Lipinski definition) is 6. The van der Waals surface area contributed by atoms with E-state index in [0.29, 0.717) is 22.5 Å². The van der Waals surface area contributed by atoms with E-state index in [1.807, 2.05) is 38.2 Å². The van der Waals surface area contributed by atoms with Crippen LogP contribution in [0.25, 0.3) is 11.3 Å². The monoisotopic (exact) mass is 340 g/mol. The second kappa shape index (κ2) is 7.33. The zero-order chi connectivity index (χ0) is 18.5. The summed E-state index contributed by atoms with van der Waals surface area (Å²) in [7, 11) is 1.81. The fraction of sp³-hybridized carbons (Fsp3) is 0.100. The van der Waals surface area contributed by atoms with Crippen molar-refractivity contribution in [3.63, 3.8) is 0 Å². The van der Waals surface area contributed by atoms with Crippen LogP contribution in [0, 0.1) is 30.1 Å². The quantitative estimate of drug-likeness (QED) is 0.696. The van der Waals surface area contributed by atoms with Gasteiger partial charge in [0.25, 0.3) is 0 Å². The van der Waals surface area contributed by atoms with Crippen molar-refractivity contribution >= 4 is 11.8 Å². The van der Waals surface area contributed by atoms with Gasteiger partial charge in [0, 0.05) is 24.4 Å². The van der Waals surface area contributed by atoms with Crippen LogP contribution >= 0.6 is 0 Å². The van der Waals surface area contributed by atoms with Gasteiger partial charge in [-0.1, -0.05) is 24.0 Å². The molecule has 2 aromatic heterocycles. The maximum atomic E-state index is 8.96. The zero-order valence-corrected chi connectivity index (χ0v) is 14.4. The standard InChI is InChI=1S/C20H16N6/c1-13-17(9-5-15-6-10-18(23-2)24-12-15)19(26-20(22)25-13)16-7-3-14(11-21)4-8-16/h3-4,6-8,10,12H,1-2H3,(H,23,24)(H2,22,25,26). The summed E-state index contributed by atoms with van der Waals surface area (Å²) in [5, 5.41) is 11.9. The highest BCUT2D eigenvalue weighted by molar-refractivity contribution is 5.70. The highest BCUT2D eigenvalue weighted by Gasteiger charge is 2.11. The van der Waals surface area contributed by atoms with Crippen LogP contribution in [0.3, 0.4) is 0 Å². The second-order valence-electron chi connectivity index (χ2n) is 5.51. The van der Waals surface area contributed by atoms with E-state index in [-0.39, 0.29) is 5.95 Å². The summed E-state index contributed by atoms with van der Waals surface area (Å²) in [6.07, 6.45) is 1.70. The number of rotatable bonds is 2. The van der Waals surface area contributed by atoms with E-state index in [4.69, 9.17) is 11.0 Å². The lowest BCUT2D eigenvalue weighted by atomic mass is 10.0. The summed E-state index contributed by atoms with van der Waals surface area (Å²) >= 11 is 0. The molecule has 0 radical (unpaired) electrons. The third kappa shape index (κ3) is 3.61. The molecule has 0 fully saturated rings. The summed E-state index contributed by atoms with van der Waals surface area (Å²) < 4.78 is 0. The number of nitrogens with zero attached hydrogens (tertiary/aromatic N) is 4. The first-order chi connectivity index (χ1) is 12.6. The van der Waals surface area contributed by atoms with Gasteiger partial charge in [-0.15, -0.1) is 0 Å². The Hall–Kier alpha value is -3.90. The van der Waals surface area contributed by atoms with E-state index in [9.17, 15) is 0 Å². The highest BCUT2D eigenvalue weighted by Crippen LogP contribution is 2.24. The maximum Gasteiger partial charge on any atom is 0.220 e. The van der Waals surface area contributed by atoms with E-state index in [1.165, 1.54) is 0 Å². The van der Waals surface area contributed by atoms with Gasteiger partial charge in [0.1, 0.15) is 5.82 Å². The third-order valence-electron chi connectivity index (χ3n) is 3.75. The van der Waals surface area contributed by atoms with Crippen LogP contribution in [-0.2, 0) is 0 Å². The van der Waals surface area contributed by atoms with Crippen molar-refractivity contribution in [1.82, 2.24) is 15.0 Å². The smallest absolute Gasteiger partial charge is 0.220 e. The molecule has 2 heterocycles. The normalized spacial score (nSPS) is 9.73. The van der Waals surface area contributed by atoms with Gasteiger partial charge in [-0.25, -0.2) is 15.0 Å². The Kier molecular flexibility index (Phi) is 4.78. The molecule has 0 aliphatic heterocycles. The van der Waals surface area contributed by atoms with Gasteiger partial charge >= 0.3 is 0 Å².